The van der Waals surface area contributed by atoms with Crippen molar-refractivity contribution in [1.82, 2.24) is 4.90 Å². The van der Waals surface area contributed by atoms with Gasteiger partial charge in [-0.15, -0.1) is 0 Å². The van der Waals surface area contributed by atoms with Crippen LogP contribution in [0.2, 0.25) is 0 Å². The van der Waals surface area contributed by atoms with Crippen molar-refractivity contribution < 1.29 is 9.59 Å². The maximum absolute atomic E-state index is 10.1. The molecule has 0 radical (unpaired) electrons. The van der Waals surface area contributed by atoms with E-state index in [0.717, 1.165) is 0 Å². The molecule has 0 bridgehead atoms. The Morgan fingerprint density at radius 3 is 1.42 bits per heavy atom. The molecule has 4 nitrogen and oxygen atoms in total. The van der Waals surface area contributed by atoms with Gasteiger partial charge in [0.05, 0.1) is 0 Å². The average molecular weight is 174 g/mol. The zero-order valence-electron chi connectivity index (χ0n) is 8.42. The first-order valence-corrected chi connectivity index (χ1v) is 3.76. The van der Waals surface area contributed by atoms with Gasteiger partial charge in [0.1, 0.15) is 0 Å². The molecule has 2 N–H and O–H groups in total. The second-order valence-electron chi connectivity index (χ2n) is 2.97. The van der Waals surface area contributed by atoms with Crippen LogP contribution in [-0.2, 0) is 9.59 Å². The maximum atomic E-state index is 10.1. The summed E-state index contributed by atoms with van der Waals surface area (Å²) in [5.74, 6) is -0.157. The molecule has 12 heavy (non-hydrogen) atoms. The molecule has 0 spiro atoms. The topological polar surface area (TPSA) is 63.4 Å². The molecule has 0 aliphatic rings. The minimum Gasteiger partial charge on any atom is -0.369 e. The Hall–Kier alpha value is -1.06. The average Bonchev–Trinajstić information content (AvgIpc) is 1.88. The fraction of sp³-hybridized carbons (Fsp3) is 0.750. The summed E-state index contributed by atoms with van der Waals surface area (Å²) in [6, 6.07) is 0. The summed E-state index contributed by atoms with van der Waals surface area (Å²) >= 11 is 0. The van der Waals surface area contributed by atoms with Crippen molar-refractivity contribution in [2.75, 3.05) is 14.1 Å². The molecular formula is C8H18N2O2. The molecule has 72 valence electrons. The van der Waals surface area contributed by atoms with Crippen LogP contribution in [0.3, 0.4) is 0 Å². The number of carbonyl (C=O) groups is 2. The Morgan fingerprint density at radius 1 is 1.25 bits per heavy atom. The Labute approximate surface area is 73.7 Å². The van der Waals surface area contributed by atoms with Crippen LogP contribution in [0.15, 0.2) is 0 Å². The van der Waals surface area contributed by atoms with Crippen LogP contribution in [0.25, 0.3) is 0 Å². The number of hydrogen-bond acceptors (Lipinski definition) is 2. The SMILES string of the molecule is CC(=O)N(C)C.CC(C)C(N)=O. The van der Waals surface area contributed by atoms with E-state index < -0.39 is 0 Å². The third-order valence-electron chi connectivity index (χ3n) is 1.20. The van der Waals surface area contributed by atoms with E-state index in [1.165, 1.54) is 11.8 Å². The zero-order chi connectivity index (χ0) is 10.3. The van der Waals surface area contributed by atoms with Crippen molar-refractivity contribution >= 4 is 11.8 Å². The quantitative estimate of drug-likeness (QED) is 0.618. The van der Waals surface area contributed by atoms with Gasteiger partial charge in [-0.25, -0.2) is 0 Å². The largest absolute Gasteiger partial charge is 0.369 e. The van der Waals surface area contributed by atoms with Crippen LogP contribution >= 0.6 is 0 Å². The van der Waals surface area contributed by atoms with Crippen molar-refractivity contribution in [2.24, 2.45) is 11.7 Å². The second-order valence-corrected chi connectivity index (χ2v) is 2.97. The van der Waals surface area contributed by atoms with E-state index >= 15 is 0 Å². The Bertz CT molecular complexity index is 135. The molecule has 0 heterocycles. The molecule has 0 aromatic heterocycles. The first-order valence-electron chi connectivity index (χ1n) is 3.76. The number of amides is 2. The number of primary amides is 1. The molecule has 0 unspecified atom stereocenters. The summed E-state index contributed by atoms with van der Waals surface area (Å²) in [6.07, 6.45) is 0. The fourth-order valence-electron chi connectivity index (χ4n) is 0. The van der Waals surface area contributed by atoms with E-state index in [2.05, 4.69) is 0 Å². The number of rotatable bonds is 1. The molecule has 0 fully saturated rings. The van der Waals surface area contributed by atoms with Gasteiger partial charge in [0.25, 0.3) is 0 Å². The van der Waals surface area contributed by atoms with Gasteiger partial charge in [-0.3, -0.25) is 9.59 Å². The van der Waals surface area contributed by atoms with Crippen LogP contribution in [-0.4, -0.2) is 30.8 Å². The van der Waals surface area contributed by atoms with Crippen molar-refractivity contribution in [2.45, 2.75) is 20.8 Å². The normalized spacial score (nSPS) is 8.50. The molecule has 0 atom stereocenters. The lowest BCUT2D eigenvalue weighted by molar-refractivity contribution is -0.126. The minimum absolute atomic E-state index is 0.00926. The van der Waals surface area contributed by atoms with E-state index in [4.69, 9.17) is 5.73 Å². The first kappa shape index (κ1) is 13.5. The molecule has 0 aromatic carbocycles. The Balaban J connectivity index is 0. The summed E-state index contributed by atoms with van der Waals surface area (Å²) in [7, 11) is 3.45. The third kappa shape index (κ3) is 11.7. The Morgan fingerprint density at radius 2 is 1.42 bits per heavy atom. The molecule has 4 heteroatoms. The van der Waals surface area contributed by atoms with Gasteiger partial charge in [-0.1, -0.05) is 13.8 Å². The van der Waals surface area contributed by atoms with Gasteiger partial charge in [0.2, 0.25) is 11.8 Å². The van der Waals surface area contributed by atoms with Gasteiger partial charge >= 0.3 is 0 Å². The summed E-state index contributed by atoms with van der Waals surface area (Å²) < 4.78 is 0. The Kier molecular flexibility index (Phi) is 7.48. The smallest absolute Gasteiger partial charge is 0.219 e. The van der Waals surface area contributed by atoms with E-state index in [-0.39, 0.29) is 17.7 Å². The first-order chi connectivity index (χ1) is 5.29. The summed E-state index contributed by atoms with van der Waals surface area (Å²) in [5.41, 5.74) is 4.80. The monoisotopic (exact) mass is 174 g/mol. The molecule has 2 amide bonds. The third-order valence-corrected chi connectivity index (χ3v) is 1.20. The highest BCUT2D eigenvalue weighted by Crippen LogP contribution is 1.84. The molecule has 0 aromatic rings. The van der Waals surface area contributed by atoms with Gasteiger partial charge in [0.15, 0.2) is 0 Å². The van der Waals surface area contributed by atoms with E-state index in [1.807, 2.05) is 0 Å². The second kappa shape index (κ2) is 6.64. The fourth-order valence-corrected chi connectivity index (χ4v) is 0. The summed E-state index contributed by atoms with van der Waals surface area (Å²) in [4.78, 5) is 21.5. The maximum Gasteiger partial charge on any atom is 0.219 e. The number of nitrogens with two attached hydrogens (primary N) is 1. The van der Waals surface area contributed by atoms with Crippen molar-refractivity contribution in [3.63, 3.8) is 0 Å². The highest BCUT2D eigenvalue weighted by molar-refractivity contribution is 5.75. The predicted octanol–water partition coefficient (Wildman–Crippen LogP) is 0.222. The summed E-state index contributed by atoms with van der Waals surface area (Å²) in [5, 5.41) is 0. The van der Waals surface area contributed by atoms with E-state index in [9.17, 15) is 9.59 Å². The van der Waals surface area contributed by atoms with Crippen LogP contribution < -0.4 is 5.73 Å². The zero-order valence-corrected chi connectivity index (χ0v) is 8.42. The lowest BCUT2D eigenvalue weighted by Crippen LogP contribution is -2.17. The van der Waals surface area contributed by atoms with Gasteiger partial charge in [0, 0.05) is 26.9 Å². The van der Waals surface area contributed by atoms with Crippen LogP contribution in [0.4, 0.5) is 0 Å². The summed E-state index contributed by atoms with van der Waals surface area (Å²) in [6.45, 7) is 5.06. The lowest BCUT2D eigenvalue weighted by atomic mass is 10.2. The molecule has 0 saturated heterocycles. The van der Waals surface area contributed by atoms with Crippen LogP contribution in [0.1, 0.15) is 20.8 Å². The van der Waals surface area contributed by atoms with Gasteiger partial charge in [-0.05, 0) is 0 Å². The molecular weight excluding hydrogens is 156 g/mol. The van der Waals surface area contributed by atoms with Crippen molar-refractivity contribution in [1.29, 1.82) is 0 Å². The molecule has 0 saturated carbocycles. The van der Waals surface area contributed by atoms with Crippen LogP contribution in [0, 0.1) is 5.92 Å². The highest BCUT2D eigenvalue weighted by Gasteiger charge is 1.96. The standard InChI is InChI=1S/2C4H9NO/c1-4(6)5(2)3;1-3(2)4(5)6/h1-3H3;3H,1-2H3,(H2,5,6). The highest BCUT2D eigenvalue weighted by atomic mass is 16.2. The van der Waals surface area contributed by atoms with Crippen LogP contribution in [0.5, 0.6) is 0 Å². The predicted molar refractivity (Wildman–Crippen MR) is 48.4 cm³/mol. The minimum atomic E-state index is -0.241. The van der Waals surface area contributed by atoms with E-state index in [1.54, 1.807) is 27.9 Å². The number of carbonyl (C=O) groups excluding carboxylic acids is 2. The lowest BCUT2D eigenvalue weighted by Gasteiger charge is -2.02. The van der Waals surface area contributed by atoms with Crippen molar-refractivity contribution in [3.05, 3.63) is 0 Å². The molecule has 0 aliphatic carbocycles. The van der Waals surface area contributed by atoms with Gasteiger partial charge < -0.3 is 10.6 Å². The molecule has 0 rings (SSSR count). The molecule has 0 aliphatic heterocycles. The number of hydrogen-bond donors (Lipinski definition) is 1. The van der Waals surface area contributed by atoms with Crippen molar-refractivity contribution in [3.8, 4) is 0 Å². The van der Waals surface area contributed by atoms with E-state index in [0.29, 0.717) is 0 Å². The number of nitrogens with zero attached hydrogens (tertiary/aromatic N) is 1. The van der Waals surface area contributed by atoms with Gasteiger partial charge in [-0.2, -0.15) is 0 Å².